The number of benzene rings is 2. The maximum atomic E-state index is 14.0. The van der Waals surface area contributed by atoms with Gasteiger partial charge in [-0.2, -0.15) is 13.2 Å². The Bertz CT molecular complexity index is 1640. The van der Waals surface area contributed by atoms with E-state index in [1.807, 2.05) is 0 Å². The average molecular weight is 683 g/mol. The van der Waals surface area contributed by atoms with E-state index in [1.165, 1.54) is 12.1 Å². The summed E-state index contributed by atoms with van der Waals surface area (Å²) < 4.78 is 48.4. The maximum absolute atomic E-state index is 14.0. The molecule has 3 atom stereocenters. The first-order valence-electron chi connectivity index (χ1n) is 13.2. The molecule has 3 amide bonds. The third kappa shape index (κ3) is 5.17. The van der Waals surface area contributed by atoms with Crippen LogP contribution in [0.3, 0.4) is 0 Å². The third-order valence-electron chi connectivity index (χ3n) is 7.64. The molecule has 1 N–H and O–H groups in total. The van der Waals surface area contributed by atoms with E-state index < -0.39 is 51.2 Å². The van der Waals surface area contributed by atoms with Crippen molar-refractivity contribution in [1.29, 1.82) is 0 Å². The van der Waals surface area contributed by atoms with E-state index in [-0.39, 0.29) is 18.3 Å². The number of carbonyl (C=O) groups excluding carboxylic acids is 3. The van der Waals surface area contributed by atoms with E-state index in [4.69, 9.17) is 4.74 Å². The number of rotatable bonds is 5. The number of imide groups is 1. The number of alkyl halides is 3. The van der Waals surface area contributed by atoms with Crippen molar-refractivity contribution in [3.63, 3.8) is 0 Å². The molecule has 3 aliphatic heterocycles. The van der Waals surface area contributed by atoms with Crippen LogP contribution < -0.4 is 14.5 Å². The summed E-state index contributed by atoms with van der Waals surface area (Å²) in [5, 5.41) is -0.720. The Hall–Kier alpha value is -3.10. The molecule has 0 aliphatic carbocycles. The zero-order valence-corrected chi connectivity index (χ0v) is 25.0. The third-order valence-corrected chi connectivity index (χ3v) is 10.5. The molecule has 0 spiro atoms. The van der Waals surface area contributed by atoms with Crippen molar-refractivity contribution in [3.05, 3.63) is 72.6 Å². The number of thioether (sulfide) groups is 1. The SMILES string of the molecule is O=C(COc1ccc(Br)cc1C1c2sc(=O)[nH]c2SC2C(=O)N(c3ccccc3C(F)(F)F)C(=O)C21)N1CCCCC1. The number of hydrogen-bond donors (Lipinski definition) is 1. The van der Waals surface area contributed by atoms with Crippen molar-refractivity contribution in [2.24, 2.45) is 5.92 Å². The van der Waals surface area contributed by atoms with Gasteiger partial charge in [-0.3, -0.25) is 19.2 Å². The molecule has 0 bridgehead atoms. The van der Waals surface area contributed by atoms with Gasteiger partial charge in [-0.15, -0.1) is 0 Å². The molecule has 2 saturated heterocycles. The number of halogens is 4. The Labute approximate surface area is 254 Å². The number of fused-ring (bicyclic) bond motifs is 2. The fourth-order valence-electron chi connectivity index (χ4n) is 5.77. The van der Waals surface area contributed by atoms with E-state index in [0.29, 0.717) is 37.9 Å². The smallest absolute Gasteiger partial charge is 0.418 e. The number of nitrogens with zero attached hydrogens (tertiary/aromatic N) is 2. The first-order valence-corrected chi connectivity index (χ1v) is 15.7. The van der Waals surface area contributed by atoms with Crippen molar-refractivity contribution in [3.8, 4) is 5.75 Å². The molecular formula is C28H23BrF3N3O5S2. The van der Waals surface area contributed by atoms with Gasteiger partial charge in [0, 0.05) is 33.9 Å². The minimum Gasteiger partial charge on any atom is -0.483 e. The molecule has 1 aromatic heterocycles. The van der Waals surface area contributed by atoms with E-state index >= 15 is 0 Å². The maximum Gasteiger partial charge on any atom is 0.418 e. The largest absolute Gasteiger partial charge is 0.483 e. The number of hydrogen-bond acceptors (Lipinski definition) is 7. The lowest BCUT2D eigenvalue weighted by Crippen LogP contribution is -2.38. The van der Waals surface area contributed by atoms with Gasteiger partial charge in [0.25, 0.3) is 5.91 Å². The van der Waals surface area contributed by atoms with Crippen molar-refractivity contribution in [1.82, 2.24) is 9.88 Å². The Kier molecular flexibility index (Phi) is 7.73. The lowest BCUT2D eigenvalue weighted by Gasteiger charge is -2.31. The number of para-hydroxylation sites is 1. The number of H-pyrrole nitrogens is 1. The van der Waals surface area contributed by atoms with E-state index in [9.17, 15) is 32.3 Å². The van der Waals surface area contributed by atoms with Crippen LogP contribution in [0.15, 0.2) is 56.8 Å². The van der Waals surface area contributed by atoms with Crippen molar-refractivity contribution >= 4 is 62.4 Å². The molecule has 14 heteroatoms. The van der Waals surface area contributed by atoms with Crippen molar-refractivity contribution in [2.75, 3.05) is 24.6 Å². The number of carbonyl (C=O) groups is 3. The summed E-state index contributed by atoms with van der Waals surface area (Å²) in [6.45, 7) is 1.04. The van der Waals surface area contributed by atoms with Gasteiger partial charge in [-0.05, 0) is 49.6 Å². The number of amides is 3. The van der Waals surface area contributed by atoms with Gasteiger partial charge in [0.05, 0.1) is 22.2 Å². The number of aromatic amines is 1. The summed E-state index contributed by atoms with van der Waals surface area (Å²) >= 11 is 5.28. The quantitative estimate of drug-likeness (QED) is 0.362. The van der Waals surface area contributed by atoms with Crippen LogP contribution in [0.4, 0.5) is 18.9 Å². The molecule has 8 nitrogen and oxygen atoms in total. The standard InChI is InChI=1S/C28H23BrF3N3O5S2/c29-14-8-9-18(40-13-19(36)34-10-4-1-5-11-34)15(12-14)20-21-23(41-24-22(20)42-27(39)33-24)26(38)35(25(21)37)17-7-3-2-6-16(17)28(30,31)32/h2-3,6-9,12,20-21,23H,1,4-5,10-11,13H2,(H,33,39). The zero-order chi connectivity index (χ0) is 29.8. The molecule has 6 rings (SSSR count). The van der Waals surface area contributed by atoms with E-state index in [2.05, 4.69) is 20.9 Å². The summed E-state index contributed by atoms with van der Waals surface area (Å²) in [5.74, 6) is -3.53. The molecule has 220 valence electrons. The van der Waals surface area contributed by atoms with E-state index in [0.717, 1.165) is 54.5 Å². The van der Waals surface area contributed by atoms with Crippen LogP contribution in [0.5, 0.6) is 5.75 Å². The van der Waals surface area contributed by atoms with Crippen molar-refractivity contribution in [2.45, 2.75) is 41.6 Å². The monoisotopic (exact) mass is 681 g/mol. The van der Waals surface area contributed by atoms with Gasteiger partial charge in [-0.1, -0.05) is 51.2 Å². The number of likely N-dealkylation sites (tertiary alicyclic amines) is 1. The molecule has 3 aromatic rings. The molecule has 4 heterocycles. The average Bonchev–Trinajstić information content (AvgIpc) is 3.46. The highest BCUT2D eigenvalue weighted by molar-refractivity contribution is 9.10. The van der Waals surface area contributed by atoms with Crippen LogP contribution in [0, 0.1) is 5.92 Å². The van der Waals surface area contributed by atoms with Gasteiger partial charge in [-0.25, -0.2) is 4.90 Å². The highest BCUT2D eigenvalue weighted by atomic mass is 79.9. The van der Waals surface area contributed by atoms with Crippen LogP contribution in [-0.2, 0) is 20.6 Å². The lowest BCUT2D eigenvalue weighted by atomic mass is 9.82. The lowest BCUT2D eigenvalue weighted by molar-refractivity contribution is -0.137. The number of ether oxygens (including phenoxy) is 1. The van der Waals surface area contributed by atoms with Crippen molar-refractivity contribution < 1.29 is 32.3 Å². The number of anilines is 1. The van der Waals surface area contributed by atoms with Gasteiger partial charge >= 0.3 is 11.0 Å². The number of thiazole rings is 1. The number of aromatic nitrogens is 1. The predicted octanol–water partition coefficient (Wildman–Crippen LogP) is 5.40. The topological polar surface area (TPSA) is 99.8 Å². The normalized spacial score (nSPS) is 22.2. The minimum absolute atomic E-state index is 0.185. The van der Waals surface area contributed by atoms with Crippen LogP contribution in [0.1, 0.15) is 41.2 Å². The van der Waals surface area contributed by atoms with Crippen LogP contribution in [-0.4, -0.2) is 52.6 Å². The van der Waals surface area contributed by atoms with E-state index in [1.54, 1.807) is 23.1 Å². The fraction of sp³-hybridized carbons (Fsp3) is 0.357. The fourth-order valence-corrected chi connectivity index (χ4v) is 8.65. The highest BCUT2D eigenvalue weighted by Crippen LogP contribution is 2.55. The van der Waals surface area contributed by atoms with Gasteiger partial charge in [0.1, 0.15) is 11.0 Å². The second-order valence-corrected chi connectivity index (χ2v) is 13.3. The summed E-state index contributed by atoms with van der Waals surface area (Å²) in [5.41, 5.74) is -1.20. The Morgan fingerprint density at radius 2 is 1.79 bits per heavy atom. The summed E-state index contributed by atoms with van der Waals surface area (Å²) in [4.78, 5) is 58.2. The van der Waals surface area contributed by atoms with Gasteiger partial charge in [0.2, 0.25) is 11.8 Å². The summed E-state index contributed by atoms with van der Waals surface area (Å²) in [7, 11) is 0. The second-order valence-electron chi connectivity index (χ2n) is 10.2. The first kappa shape index (κ1) is 29.0. The molecule has 3 aliphatic rings. The highest BCUT2D eigenvalue weighted by Gasteiger charge is 2.57. The zero-order valence-electron chi connectivity index (χ0n) is 21.8. The summed E-state index contributed by atoms with van der Waals surface area (Å²) in [6.07, 6.45) is -1.91. The Balaban J connectivity index is 1.41. The first-order chi connectivity index (χ1) is 20.0. The van der Waals surface area contributed by atoms with Crippen LogP contribution in [0.25, 0.3) is 0 Å². The van der Waals surface area contributed by atoms with Gasteiger partial charge in [0.15, 0.2) is 6.61 Å². The summed E-state index contributed by atoms with van der Waals surface area (Å²) in [6, 6.07) is 9.49. The van der Waals surface area contributed by atoms with Crippen LogP contribution in [0.2, 0.25) is 0 Å². The second kappa shape index (κ2) is 11.2. The molecule has 2 aromatic carbocycles. The Morgan fingerprint density at radius 1 is 1.05 bits per heavy atom. The number of piperidine rings is 1. The minimum atomic E-state index is -4.80. The Morgan fingerprint density at radius 3 is 2.52 bits per heavy atom. The molecular weight excluding hydrogens is 659 g/mol. The van der Waals surface area contributed by atoms with Gasteiger partial charge < -0.3 is 14.6 Å². The molecule has 0 saturated carbocycles. The van der Waals surface area contributed by atoms with Crippen LogP contribution >= 0.6 is 39.0 Å². The molecule has 0 radical (unpaired) electrons. The molecule has 3 unspecified atom stereocenters. The molecule has 2 fully saturated rings. The predicted molar refractivity (Wildman–Crippen MR) is 154 cm³/mol. The molecule has 42 heavy (non-hydrogen) atoms. The number of nitrogens with one attached hydrogen (secondary N) is 1.